The summed E-state index contributed by atoms with van der Waals surface area (Å²) in [6.07, 6.45) is 5.27. The van der Waals surface area contributed by atoms with Gasteiger partial charge in [-0.2, -0.15) is 5.10 Å². The van der Waals surface area contributed by atoms with Crippen molar-refractivity contribution in [2.75, 3.05) is 11.3 Å². The third-order valence-corrected chi connectivity index (χ3v) is 5.61. The third-order valence-electron chi connectivity index (χ3n) is 4.23. The van der Waals surface area contributed by atoms with E-state index in [0.717, 1.165) is 18.4 Å². The molecule has 2 aromatic carbocycles. The second kappa shape index (κ2) is 8.87. The second-order valence-corrected chi connectivity index (χ2v) is 8.17. The molecule has 1 heterocycles. The molecular weight excluding hydrogens is 395 g/mol. The van der Waals surface area contributed by atoms with E-state index < -0.39 is 15.8 Å². The highest BCUT2D eigenvalue weighted by atomic mass is 32.2. The first kappa shape index (κ1) is 20.5. The van der Waals surface area contributed by atoms with Gasteiger partial charge in [-0.05, 0) is 54.8 Å². The lowest BCUT2D eigenvalue weighted by molar-refractivity contribution is 0.0953. The monoisotopic (exact) mass is 416 g/mol. The molecule has 0 aliphatic heterocycles. The zero-order valence-corrected chi connectivity index (χ0v) is 16.6. The van der Waals surface area contributed by atoms with Crippen LogP contribution in [0.5, 0.6) is 0 Å². The number of rotatable bonds is 8. The van der Waals surface area contributed by atoms with Crippen LogP contribution in [0.1, 0.15) is 22.3 Å². The Morgan fingerprint density at radius 1 is 1.14 bits per heavy atom. The predicted molar refractivity (Wildman–Crippen MR) is 108 cm³/mol. The first-order valence-corrected chi connectivity index (χ1v) is 10.5. The van der Waals surface area contributed by atoms with Crippen molar-refractivity contribution in [2.45, 2.75) is 17.7 Å². The minimum absolute atomic E-state index is 0.0612. The quantitative estimate of drug-likeness (QED) is 0.552. The lowest BCUT2D eigenvalue weighted by Crippen LogP contribution is -2.24. The summed E-state index contributed by atoms with van der Waals surface area (Å²) in [4.78, 5) is 12.2. The number of halogens is 1. The van der Waals surface area contributed by atoms with E-state index in [2.05, 4.69) is 15.1 Å². The molecule has 3 aromatic rings. The predicted octanol–water partition coefficient (Wildman–Crippen LogP) is 2.72. The molecular formula is C20H21FN4O3S. The van der Waals surface area contributed by atoms with Gasteiger partial charge in [0, 0.05) is 25.4 Å². The summed E-state index contributed by atoms with van der Waals surface area (Å²) < 4.78 is 42.4. The maximum Gasteiger partial charge on any atom is 0.261 e. The highest BCUT2D eigenvalue weighted by Crippen LogP contribution is 2.19. The van der Waals surface area contributed by atoms with Gasteiger partial charge in [-0.3, -0.25) is 14.2 Å². The van der Waals surface area contributed by atoms with E-state index in [1.54, 1.807) is 10.9 Å². The van der Waals surface area contributed by atoms with Crippen molar-refractivity contribution in [3.05, 3.63) is 77.9 Å². The maximum absolute atomic E-state index is 13.7. The summed E-state index contributed by atoms with van der Waals surface area (Å²) in [6.45, 7) is 0.489. The number of carbonyl (C=O) groups excluding carboxylic acids is 1. The number of hydrogen-bond donors (Lipinski definition) is 2. The molecule has 1 amide bonds. The minimum Gasteiger partial charge on any atom is -0.352 e. The third kappa shape index (κ3) is 5.41. The number of amides is 1. The highest BCUT2D eigenvalue weighted by molar-refractivity contribution is 7.92. The minimum atomic E-state index is -3.96. The highest BCUT2D eigenvalue weighted by Gasteiger charge is 2.17. The number of para-hydroxylation sites is 1. The van der Waals surface area contributed by atoms with Crippen molar-refractivity contribution in [3.63, 3.8) is 0 Å². The molecule has 0 bridgehead atoms. The van der Waals surface area contributed by atoms with Crippen LogP contribution >= 0.6 is 0 Å². The van der Waals surface area contributed by atoms with Crippen molar-refractivity contribution in [1.82, 2.24) is 15.1 Å². The largest absolute Gasteiger partial charge is 0.352 e. The van der Waals surface area contributed by atoms with Gasteiger partial charge in [0.2, 0.25) is 0 Å². The molecule has 0 radical (unpaired) electrons. The summed E-state index contributed by atoms with van der Waals surface area (Å²) >= 11 is 0. The Bertz CT molecular complexity index is 1090. The smallest absolute Gasteiger partial charge is 0.261 e. The normalized spacial score (nSPS) is 11.2. The summed E-state index contributed by atoms with van der Waals surface area (Å²) in [7, 11) is -2.11. The van der Waals surface area contributed by atoms with Gasteiger partial charge in [0.1, 0.15) is 5.82 Å². The van der Waals surface area contributed by atoms with E-state index >= 15 is 0 Å². The van der Waals surface area contributed by atoms with Gasteiger partial charge in [0.15, 0.2) is 0 Å². The Balaban J connectivity index is 1.56. The lowest BCUT2D eigenvalue weighted by atomic mass is 10.2. The molecule has 0 spiro atoms. The van der Waals surface area contributed by atoms with Gasteiger partial charge in [-0.1, -0.05) is 12.1 Å². The molecule has 0 aliphatic rings. The van der Waals surface area contributed by atoms with Crippen LogP contribution in [0, 0.1) is 5.82 Å². The van der Waals surface area contributed by atoms with Crippen molar-refractivity contribution in [1.29, 1.82) is 0 Å². The molecule has 0 saturated heterocycles. The Kier molecular flexibility index (Phi) is 6.28. The molecule has 0 atom stereocenters. The van der Waals surface area contributed by atoms with Crippen molar-refractivity contribution in [2.24, 2.45) is 7.05 Å². The fourth-order valence-corrected chi connectivity index (χ4v) is 3.80. The molecule has 1 aromatic heterocycles. The molecule has 0 unspecified atom stereocenters. The van der Waals surface area contributed by atoms with Crippen LogP contribution in [0.4, 0.5) is 10.1 Å². The molecule has 2 N–H and O–H groups in total. The van der Waals surface area contributed by atoms with Crippen LogP contribution in [-0.4, -0.2) is 30.7 Å². The number of aromatic nitrogens is 2. The number of sulfonamides is 1. The topological polar surface area (TPSA) is 93.1 Å². The van der Waals surface area contributed by atoms with Crippen LogP contribution in [0.15, 0.2) is 65.8 Å². The fourth-order valence-electron chi connectivity index (χ4n) is 2.73. The van der Waals surface area contributed by atoms with Crippen molar-refractivity contribution >= 4 is 21.6 Å². The summed E-state index contributed by atoms with van der Waals surface area (Å²) in [5.74, 6) is -0.958. The van der Waals surface area contributed by atoms with E-state index in [1.165, 1.54) is 48.5 Å². The second-order valence-electron chi connectivity index (χ2n) is 6.49. The molecule has 0 saturated carbocycles. The molecule has 0 fully saturated rings. The molecule has 29 heavy (non-hydrogen) atoms. The van der Waals surface area contributed by atoms with Gasteiger partial charge in [-0.15, -0.1) is 0 Å². The van der Waals surface area contributed by atoms with Crippen LogP contribution in [0.2, 0.25) is 0 Å². The first-order chi connectivity index (χ1) is 13.8. The zero-order chi connectivity index (χ0) is 20.9. The van der Waals surface area contributed by atoms with Crippen LogP contribution in [-0.2, 0) is 23.5 Å². The number of hydrogen-bond acceptors (Lipinski definition) is 4. The van der Waals surface area contributed by atoms with Crippen molar-refractivity contribution < 1.29 is 17.6 Å². The number of anilines is 1. The van der Waals surface area contributed by atoms with E-state index in [0.29, 0.717) is 12.1 Å². The maximum atomic E-state index is 13.7. The van der Waals surface area contributed by atoms with Crippen LogP contribution < -0.4 is 10.0 Å². The Morgan fingerprint density at radius 3 is 2.52 bits per heavy atom. The number of nitrogens with zero attached hydrogens (tertiary/aromatic N) is 2. The average Bonchev–Trinajstić information content (AvgIpc) is 3.12. The van der Waals surface area contributed by atoms with Gasteiger partial charge in [0.05, 0.1) is 16.8 Å². The van der Waals surface area contributed by atoms with E-state index in [9.17, 15) is 17.6 Å². The molecule has 152 valence electrons. The average molecular weight is 416 g/mol. The summed E-state index contributed by atoms with van der Waals surface area (Å²) in [6, 6.07) is 11.0. The summed E-state index contributed by atoms with van der Waals surface area (Å²) in [5, 5.41) is 6.89. The van der Waals surface area contributed by atoms with E-state index in [-0.39, 0.29) is 16.5 Å². The van der Waals surface area contributed by atoms with E-state index in [4.69, 9.17) is 0 Å². The first-order valence-electron chi connectivity index (χ1n) is 8.98. The van der Waals surface area contributed by atoms with Crippen LogP contribution in [0.25, 0.3) is 0 Å². The number of benzene rings is 2. The van der Waals surface area contributed by atoms with E-state index in [1.807, 2.05) is 13.2 Å². The number of aryl methyl sites for hydroxylation is 2. The zero-order valence-electron chi connectivity index (χ0n) is 15.8. The van der Waals surface area contributed by atoms with Gasteiger partial charge < -0.3 is 5.32 Å². The van der Waals surface area contributed by atoms with Crippen molar-refractivity contribution in [3.8, 4) is 0 Å². The molecule has 3 rings (SSSR count). The van der Waals surface area contributed by atoms with Gasteiger partial charge in [0.25, 0.3) is 15.9 Å². The lowest BCUT2D eigenvalue weighted by Gasteiger charge is -2.10. The SMILES string of the molecule is Cn1cc(CCCNC(=O)c2ccc(S(=O)(=O)Nc3ccccc3F)cc2)cn1. The van der Waals surface area contributed by atoms with Gasteiger partial charge >= 0.3 is 0 Å². The Morgan fingerprint density at radius 2 is 1.86 bits per heavy atom. The number of carbonyl (C=O) groups is 1. The Hall–Kier alpha value is -3.20. The van der Waals surface area contributed by atoms with Crippen LogP contribution in [0.3, 0.4) is 0 Å². The standard InChI is InChI=1S/C20H21FN4O3S/c1-25-14-15(13-23-25)5-4-12-22-20(26)16-8-10-17(11-9-16)29(27,28)24-19-7-3-2-6-18(19)21/h2-3,6-11,13-14,24H,4-5,12H2,1H3,(H,22,26). The Labute approximate surface area is 168 Å². The number of nitrogens with one attached hydrogen (secondary N) is 2. The fraction of sp³-hybridized carbons (Fsp3) is 0.200. The molecule has 0 aliphatic carbocycles. The summed E-state index contributed by atoms with van der Waals surface area (Å²) in [5.41, 5.74) is 1.30. The molecule has 9 heteroatoms. The van der Waals surface area contributed by atoms with Gasteiger partial charge in [-0.25, -0.2) is 12.8 Å². The molecule has 7 nitrogen and oxygen atoms in total.